The fourth-order valence-corrected chi connectivity index (χ4v) is 5.71. The topological polar surface area (TPSA) is 189 Å². The van der Waals surface area contributed by atoms with Crippen molar-refractivity contribution in [3.63, 3.8) is 0 Å². The zero-order chi connectivity index (χ0) is 37.7. The highest BCUT2D eigenvalue weighted by Crippen LogP contribution is 2.25. The number of carbonyl (C=O) groups excluding carboxylic acids is 4. The zero-order valence-corrected chi connectivity index (χ0v) is 30.3. The summed E-state index contributed by atoms with van der Waals surface area (Å²) in [5.74, 6) is -3.63. The van der Waals surface area contributed by atoms with Gasteiger partial charge in [-0.2, -0.15) is 0 Å². The Morgan fingerprint density at radius 1 is 0.706 bits per heavy atom. The lowest BCUT2D eigenvalue weighted by Crippen LogP contribution is -2.58. The minimum Gasteiger partial charge on any atom is -0.483 e. The van der Waals surface area contributed by atoms with E-state index >= 15 is 0 Å². The predicted molar refractivity (Wildman–Crippen MR) is 197 cm³/mol. The second kappa shape index (κ2) is 19.4. The Labute approximate surface area is 300 Å². The van der Waals surface area contributed by atoms with Crippen LogP contribution in [0.1, 0.15) is 59.9 Å². The van der Waals surface area contributed by atoms with Gasteiger partial charge in [0.2, 0.25) is 17.7 Å². The van der Waals surface area contributed by atoms with Crippen LogP contribution in [0, 0.1) is 17.8 Å². The quantitative estimate of drug-likeness (QED) is 0.109. The summed E-state index contributed by atoms with van der Waals surface area (Å²) in [5.41, 5.74) is 7.48. The lowest BCUT2D eigenvalue weighted by atomic mass is 9.94. The SMILES string of the molecule is CC[C@H](C)[C@H](NC(=O)C[C@H](N)[C@H](Cc1ccccc1)NC(=O)C(NC(=O)COc1cccc2ccccc12)C(C)C)C(=O)NC(C(=O)O)C(C)C. The molecule has 3 rings (SSSR count). The molecule has 0 radical (unpaired) electrons. The van der Waals surface area contributed by atoms with E-state index in [-0.39, 0.29) is 30.8 Å². The Balaban J connectivity index is 1.72. The first-order chi connectivity index (χ1) is 24.2. The number of carboxylic acids is 1. The van der Waals surface area contributed by atoms with E-state index in [1.807, 2.05) is 87.5 Å². The van der Waals surface area contributed by atoms with E-state index in [0.29, 0.717) is 18.6 Å². The van der Waals surface area contributed by atoms with Crippen molar-refractivity contribution in [2.24, 2.45) is 23.5 Å². The number of carboxylic acid groups (broad SMARTS) is 1. The number of ether oxygens (including phenoxy) is 1. The molecule has 0 aromatic heterocycles. The number of fused-ring (bicyclic) bond motifs is 1. The third-order valence-electron chi connectivity index (χ3n) is 8.98. The van der Waals surface area contributed by atoms with Crippen molar-refractivity contribution in [1.82, 2.24) is 21.3 Å². The predicted octanol–water partition coefficient (Wildman–Crippen LogP) is 3.56. The molecular weight excluding hydrogens is 650 g/mol. The van der Waals surface area contributed by atoms with Gasteiger partial charge in [-0.05, 0) is 41.2 Å². The molecule has 7 N–H and O–H groups in total. The molecule has 0 aliphatic heterocycles. The van der Waals surface area contributed by atoms with Crippen LogP contribution in [-0.4, -0.2) is 71.5 Å². The van der Waals surface area contributed by atoms with Gasteiger partial charge in [0, 0.05) is 23.9 Å². The number of amides is 4. The first-order valence-corrected chi connectivity index (χ1v) is 17.5. The largest absolute Gasteiger partial charge is 0.483 e. The third-order valence-corrected chi connectivity index (χ3v) is 8.98. The van der Waals surface area contributed by atoms with Crippen molar-refractivity contribution in [2.75, 3.05) is 6.61 Å². The Morgan fingerprint density at radius 2 is 1.29 bits per heavy atom. The number of hydrogen-bond acceptors (Lipinski definition) is 7. The summed E-state index contributed by atoms with van der Waals surface area (Å²) >= 11 is 0. The van der Waals surface area contributed by atoms with Gasteiger partial charge in [-0.1, -0.05) is 115 Å². The second-order valence-electron chi connectivity index (χ2n) is 13.7. The number of aliphatic carboxylic acids is 1. The van der Waals surface area contributed by atoms with Gasteiger partial charge in [-0.15, -0.1) is 0 Å². The molecule has 3 aromatic carbocycles. The van der Waals surface area contributed by atoms with Crippen molar-refractivity contribution in [3.05, 3.63) is 78.4 Å². The molecule has 4 amide bonds. The molecule has 0 spiro atoms. The Hall–Kier alpha value is -4.97. The number of nitrogens with one attached hydrogen (secondary N) is 4. The lowest BCUT2D eigenvalue weighted by molar-refractivity contribution is -0.143. The fourth-order valence-electron chi connectivity index (χ4n) is 5.71. The molecule has 0 aliphatic carbocycles. The molecule has 2 unspecified atom stereocenters. The number of rotatable bonds is 19. The standard InChI is InChI=1S/C39H53N5O7/c1-7-25(6)36(38(48)44-35(24(4)5)39(49)50)42-32(45)21-29(40)30(20-26-14-9-8-10-15-26)41-37(47)34(23(2)3)43-33(46)22-51-31-19-13-17-27-16-11-12-18-28(27)31/h8-19,23-25,29-30,34-36H,7,20-22,40H2,1-6H3,(H,41,47)(H,42,45)(H,43,46)(H,44,48)(H,49,50)/t25-,29-,30-,34?,35?,36-/m0/s1. The highest BCUT2D eigenvalue weighted by atomic mass is 16.5. The Bertz CT molecular complexity index is 1630. The van der Waals surface area contributed by atoms with E-state index < -0.39 is 59.8 Å². The van der Waals surface area contributed by atoms with Gasteiger partial charge in [-0.3, -0.25) is 19.2 Å². The van der Waals surface area contributed by atoms with Crippen molar-refractivity contribution in [1.29, 1.82) is 0 Å². The molecule has 12 heteroatoms. The number of hydrogen-bond donors (Lipinski definition) is 6. The summed E-state index contributed by atoms with van der Waals surface area (Å²) in [6.07, 6.45) is 0.613. The zero-order valence-electron chi connectivity index (χ0n) is 30.3. The summed E-state index contributed by atoms with van der Waals surface area (Å²) in [5, 5.41) is 22.5. The minimum atomic E-state index is -1.16. The third kappa shape index (κ3) is 12.1. The van der Waals surface area contributed by atoms with Gasteiger partial charge in [0.25, 0.3) is 5.91 Å². The highest BCUT2D eigenvalue weighted by Gasteiger charge is 2.33. The van der Waals surface area contributed by atoms with Crippen molar-refractivity contribution < 1.29 is 33.8 Å². The van der Waals surface area contributed by atoms with Crippen LogP contribution < -0.4 is 31.7 Å². The van der Waals surface area contributed by atoms with Crippen molar-refractivity contribution in [2.45, 2.75) is 91.0 Å². The Kier molecular flexibility index (Phi) is 15.4. The maximum absolute atomic E-state index is 13.7. The van der Waals surface area contributed by atoms with E-state index in [2.05, 4.69) is 21.3 Å². The normalized spacial score (nSPS) is 14.8. The Morgan fingerprint density at radius 3 is 1.92 bits per heavy atom. The number of nitrogens with two attached hydrogens (primary N) is 1. The molecule has 6 atom stereocenters. The van der Waals surface area contributed by atoms with Crippen LogP contribution in [0.15, 0.2) is 72.8 Å². The van der Waals surface area contributed by atoms with Crippen LogP contribution in [-0.2, 0) is 30.4 Å². The average Bonchev–Trinajstić information content (AvgIpc) is 3.10. The summed E-state index contributed by atoms with van der Waals surface area (Å²) in [6.45, 7) is 10.4. The highest BCUT2D eigenvalue weighted by molar-refractivity contribution is 5.92. The van der Waals surface area contributed by atoms with Crippen LogP contribution in [0.25, 0.3) is 10.8 Å². The first kappa shape index (κ1) is 40.5. The molecule has 3 aromatic rings. The summed E-state index contributed by atoms with van der Waals surface area (Å²) in [7, 11) is 0. The minimum absolute atomic E-state index is 0.234. The first-order valence-electron chi connectivity index (χ1n) is 17.5. The fraction of sp³-hybridized carbons (Fsp3) is 0.462. The molecule has 0 saturated carbocycles. The molecule has 51 heavy (non-hydrogen) atoms. The molecule has 0 saturated heterocycles. The maximum atomic E-state index is 13.7. The monoisotopic (exact) mass is 703 g/mol. The smallest absolute Gasteiger partial charge is 0.326 e. The van der Waals surface area contributed by atoms with Gasteiger partial charge in [0.15, 0.2) is 6.61 Å². The van der Waals surface area contributed by atoms with E-state index in [9.17, 15) is 29.1 Å². The van der Waals surface area contributed by atoms with Gasteiger partial charge in [0.1, 0.15) is 23.9 Å². The van der Waals surface area contributed by atoms with Crippen LogP contribution in [0.4, 0.5) is 0 Å². The molecule has 0 heterocycles. The lowest BCUT2D eigenvalue weighted by Gasteiger charge is -2.30. The van der Waals surface area contributed by atoms with E-state index in [1.54, 1.807) is 26.8 Å². The van der Waals surface area contributed by atoms with Crippen LogP contribution in [0.2, 0.25) is 0 Å². The average molecular weight is 704 g/mol. The molecular formula is C39H53N5O7. The molecule has 0 fully saturated rings. The van der Waals surface area contributed by atoms with E-state index in [4.69, 9.17) is 10.5 Å². The van der Waals surface area contributed by atoms with Gasteiger partial charge in [0.05, 0.1) is 0 Å². The second-order valence-corrected chi connectivity index (χ2v) is 13.7. The summed E-state index contributed by atoms with van der Waals surface area (Å²) in [4.78, 5) is 65.1. The summed E-state index contributed by atoms with van der Waals surface area (Å²) < 4.78 is 5.84. The van der Waals surface area contributed by atoms with Gasteiger partial charge < -0.3 is 36.8 Å². The van der Waals surface area contributed by atoms with Crippen LogP contribution >= 0.6 is 0 Å². The van der Waals surface area contributed by atoms with Crippen molar-refractivity contribution >= 4 is 40.4 Å². The van der Waals surface area contributed by atoms with Crippen LogP contribution in [0.5, 0.6) is 5.75 Å². The molecule has 0 aliphatic rings. The molecule has 12 nitrogen and oxygen atoms in total. The van der Waals surface area contributed by atoms with Gasteiger partial charge >= 0.3 is 5.97 Å². The van der Waals surface area contributed by atoms with E-state index in [0.717, 1.165) is 16.3 Å². The van der Waals surface area contributed by atoms with Gasteiger partial charge in [-0.25, -0.2) is 4.79 Å². The molecule has 0 bridgehead atoms. The van der Waals surface area contributed by atoms with Crippen molar-refractivity contribution in [3.8, 4) is 5.75 Å². The number of carbonyl (C=O) groups is 5. The maximum Gasteiger partial charge on any atom is 0.326 e. The van der Waals surface area contributed by atoms with E-state index in [1.165, 1.54) is 0 Å². The molecule has 276 valence electrons. The number of benzene rings is 3. The summed E-state index contributed by atoms with van der Waals surface area (Å²) in [6, 6.07) is 18.0. The van der Waals surface area contributed by atoms with Crippen LogP contribution in [0.3, 0.4) is 0 Å².